The number of carbonyl (C=O) groups excluding carboxylic acids is 1. The van der Waals surface area contributed by atoms with Crippen LogP contribution in [0.4, 0.5) is 0 Å². The Kier molecular flexibility index (Phi) is 2.49. The Morgan fingerprint density at radius 1 is 1.27 bits per heavy atom. The van der Waals surface area contributed by atoms with Crippen molar-refractivity contribution in [1.82, 2.24) is 0 Å². The van der Waals surface area contributed by atoms with Crippen LogP contribution >= 0.6 is 11.3 Å². The van der Waals surface area contributed by atoms with Gasteiger partial charge in [-0.25, -0.2) is 0 Å². The molecule has 0 spiro atoms. The Morgan fingerprint density at radius 2 is 1.93 bits per heavy atom. The lowest BCUT2D eigenvalue weighted by Crippen LogP contribution is -1.85. The molecule has 2 nitrogen and oxygen atoms in total. The molecule has 78 valence electrons. The molecule has 1 heterocycles. The molecule has 0 aliphatic rings. The minimum atomic E-state index is 0.667. The first-order valence-corrected chi connectivity index (χ1v) is 5.52. The van der Waals surface area contributed by atoms with E-state index in [2.05, 4.69) is 13.0 Å². The molecule has 0 saturated carbocycles. The van der Waals surface area contributed by atoms with Crippen LogP contribution in [-0.4, -0.2) is 13.4 Å². The van der Waals surface area contributed by atoms with E-state index in [1.165, 1.54) is 22.5 Å². The number of fused-ring (bicyclic) bond motifs is 1. The summed E-state index contributed by atoms with van der Waals surface area (Å²) in [5.41, 5.74) is 3.11. The summed E-state index contributed by atoms with van der Waals surface area (Å²) in [6, 6.07) is 4.15. The maximum Gasteiger partial charge on any atom is 0.185 e. The molecule has 0 saturated heterocycles. The van der Waals surface area contributed by atoms with Gasteiger partial charge in [0.1, 0.15) is 0 Å². The van der Waals surface area contributed by atoms with Crippen molar-refractivity contribution >= 4 is 27.7 Å². The summed E-state index contributed by atoms with van der Waals surface area (Å²) in [5, 5.41) is 1.69. The van der Waals surface area contributed by atoms with E-state index in [0.717, 1.165) is 16.4 Å². The molecule has 0 atom stereocenters. The van der Waals surface area contributed by atoms with Gasteiger partial charge in [0.15, 0.2) is 11.3 Å². The van der Waals surface area contributed by atoms with E-state index in [-0.39, 0.29) is 0 Å². The SMILES string of the molecule is COc1sc2cc(C)c(C)cc2c1C=O. The highest BCUT2D eigenvalue weighted by atomic mass is 32.1. The summed E-state index contributed by atoms with van der Waals surface area (Å²) in [6.45, 7) is 4.12. The van der Waals surface area contributed by atoms with Crippen LogP contribution in [-0.2, 0) is 0 Å². The van der Waals surface area contributed by atoms with E-state index in [1.807, 2.05) is 13.0 Å². The third kappa shape index (κ3) is 1.53. The van der Waals surface area contributed by atoms with Gasteiger partial charge in [-0.05, 0) is 37.1 Å². The number of aldehydes is 1. The number of aryl methyl sites for hydroxylation is 2. The minimum Gasteiger partial charge on any atom is -0.487 e. The van der Waals surface area contributed by atoms with E-state index in [1.54, 1.807) is 7.11 Å². The molecule has 0 bridgehead atoms. The first-order valence-electron chi connectivity index (χ1n) is 4.70. The van der Waals surface area contributed by atoms with Gasteiger partial charge < -0.3 is 4.74 Å². The highest BCUT2D eigenvalue weighted by Crippen LogP contribution is 2.37. The second-order valence-corrected chi connectivity index (χ2v) is 4.57. The third-order valence-corrected chi connectivity index (χ3v) is 3.74. The van der Waals surface area contributed by atoms with E-state index in [9.17, 15) is 4.79 Å². The van der Waals surface area contributed by atoms with E-state index in [0.29, 0.717) is 10.6 Å². The average Bonchev–Trinajstić information content (AvgIpc) is 2.56. The zero-order valence-corrected chi connectivity index (χ0v) is 9.77. The van der Waals surface area contributed by atoms with Gasteiger partial charge in [-0.15, -0.1) is 0 Å². The second kappa shape index (κ2) is 3.66. The van der Waals surface area contributed by atoms with Crippen molar-refractivity contribution in [3.8, 4) is 5.06 Å². The Hall–Kier alpha value is -1.35. The molecule has 0 fully saturated rings. The lowest BCUT2D eigenvalue weighted by atomic mass is 10.1. The number of carbonyl (C=O) groups is 1. The van der Waals surface area contributed by atoms with E-state index in [4.69, 9.17) is 4.74 Å². The van der Waals surface area contributed by atoms with Gasteiger partial charge in [-0.3, -0.25) is 4.79 Å². The van der Waals surface area contributed by atoms with Gasteiger partial charge >= 0.3 is 0 Å². The highest BCUT2D eigenvalue weighted by molar-refractivity contribution is 7.21. The predicted octanol–water partition coefficient (Wildman–Crippen LogP) is 3.34. The molecule has 0 N–H and O–H groups in total. The summed E-state index contributed by atoms with van der Waals surface area (Å²) >= 11 is 1.52. The topological polar surface area (TPSA) is 26.3 Å². The molecular formula is C12H12O2S. The Balaban J connectivity index is 2.83. The Labute approximate surface area is 92.5 Å². The number of methoxy groups -OCH3 is 1. The lowest BCUT2D eigenvalue weighted by molar-refractivity contribution is 0.112. The quantitative estimate of drug-likeness (QED) is 0.725. The fraction of sp³-hybridized carbons (Fsp3) is 0.250. The molecule has 1 aromatic carbocycles. The molecule has 2 rings (SSSR count). The van der Waals surface area contributed by atoms with Gasteiger partial charge in [0.25, 0.3) is 0 Å². The molecule has 15 heavy (non-hydrogen) atoms. The summed E-state index contributed by atoms with van der Waals surface area (Å²) in [7, 11) is 1.59. The van der Waals surface area contributed by atoms with Gasteiger partial charge in [0, 0.05) is 10.1 Å². The number of rotatable bonds is 2. The summed E-state index contributed by atoms with van der Waals surface area (Å²) < 4.78 is 6.30. The van der Waals surface area contributed by atoms with Gasteiger partial charge in [-0.1, -0.05) is 11.3 Å². The normalized spacial score (nSPS) is 10.6. The van der Waals surface area contributed by atoms with Crippen molar-refractivity contribution in [2.75, 3.05) is 7.11 Å². The highest BCUT2D eigenvalue weighted by Gasteiger charge is 2.12. The smallest absolute Gasteiger partial charge is 0.185 e. The molecule has 1 aromatic heterocycles. The van der Waals surface area contributed by atoms with Crippen LogP contribution in [0.3, 0.4) is 0 Å². The van der Waals surface area contributed by atoms with Crippen LogP contribution in [0.25, 0.3) is 10.1 Å². The summed E-state index contributed by atoms with van der Waals surface area (Å²) in [4.78, 5) is 11.0. The van der Waals surface area contributed by atoms with Gasteiger partial charge in [0.05, 0.1) is 12.7 Å². The molecule has 0 amide bonds. The molecular weight excluding hydrogens is 208 g/mol. The average molecular weight is 220 g/mol. The molecule has 0 radical (unpaired) electrons. The number of hydrogen-bond acceptors (Lipinski definition) is 3. The van der Waals surface area contributed by atoms with E-state index < -0.39 is 0 Å². The Morgan fingerprint density at radius 3 is 2.53 bits per heavy atom. The maximum absolute atomic E-state index is 11.0. The van der Waals surface area contributed by atoms with Gasteiger partial charge in [0.2, 0.25) is 0 Å². The van der Waals surface area contributed by atoms with Crippen LogP contribution in [0.5, 0.6) is 5.06 Å². The second-order valence-electron chi connectivity index (χ2n) is 3.56. The molecule has 0 unspecified atom stereocenters. The lowest BCUT2D eigenvalue weighted by Gasteiger charge is -1.99. The molecule has 0 aliphatic heterocycles. The number of thiophene rings is 1. The molecule has 3 heteroatoms. The first-order chi connectivity index (χ1) is 7.17. The van der Waals surface area contributed by atoms with Crippen molar-refractivity contribution in [2.45, 2.75) is 13.8 Å². The Bertz CT molecular complexity index is 526. The van der Waals surface area contributed by atoms with Gasteiger partial charge in [-0.2, -0.15) is 0 Å². The fourth-order valence-corrected chi connectivity index (χ4v) is 2.68. The zero-order chi connectivity index (χ0) is 11.0. The van der Waals surface area contributed by atoms with Crippen molar-refractivity contribution in [2.24, 2.45) is 0 Å². The van der Waals surface area contributed by atoms with E-state index >= 15 is 0 Å². The number of benzene rings is 1. The van der Waals surface area contributed by atoms with Crippen molar-refractivity contribution in [3.05, 3.63) is 28.8 Å². The van der Waals surface area contributed by atoms with Crippen LogP contribution in [0.2, 0.25) is 0 Å². The fourth-order valence-electron chi connectivity index (χ4n) is 1.61. The monoisotopic (exact) mass is 220 g/mol. The first kappa shape index (κ1) is 10.2. The number of hydrogen-bond donors (Lipinski definition) is 0. The van der Waals surface area contributed by atoms with Crippen LogP contribution in [0.15, 0.2) is 12.1 Å². The summed E-state index contributed by atoms with van der Waals surface area (Å²) in [5.74, 6) is 0. The number of ether oxygens (including phenoxy) is 1. The largest absolute Gasteiger partial charge is 0.487 e. The summed E-state index contributed by atoms with van der Waals surface area (Å²) in [6.07, 6.45) is 0.867. The van der Waals surface area contributed by atoms with Crippen molar-refractivity contribution in [1.29, 1.82) is 0 Å². The molecule has 0 aliphatic carbocycles. The van der Waals surface area contributed by atoms with Crippen LogP contribution < -0.4 is 4.74 Å². The third-order valence-electron chi connectivity index (χ3n) is 2.61. The van der Waals surface area contributed by atoms with Crippen LogP contribution in [0.1, 0.15) is 21.5 Å². The molecule has 2 aromatic rings. The minimum absolute atomic E-state index is 0.667. The maximum atomic E-state index is 11.0. The van der Waals surface area contributed by atoms with Crippen molar-refractivity contribution < 1.29 is 9.53 Å². The predicted molar refractivity (Wildman–Crippen MR) is 63.2 cm³/mol. The van der Waals surface area contributed by atoms with Crippen molar-refractivity contribution in [3.63, 3.8) is 0 Å². The zero-order valence-electron chi connectivity index (χ0n) is 8.96. The standard InChI is InChI=1S/C12H12O2S/c1-7-4-9-10(6-13)12(14-3)15-11(9)5-8(7)2/h4-6H,1-3H3. The van der Waals surface area contributed by atoms with Crippen LogP contribution in [0, 0.1) is 13.8 Å².